The minimum Gasteiger partial charge on any atom is -0.492 e. The van der Waals surface area contributed by atoms with Crippen molar-refractivity contribution in [1.82, 2.24) is 4.90 Å². The van der Waals surface area contributed by atoms with E-state index in [0.717, 1.165) is 22.9 Å². The molecule has 3 aromatic carbocycles. The molecule has 1 aliphatic heterocycles. The van der Waals surface area contributed by atoms with Gasteiger partial charge < -0.3 is 9.47 Å². The maximum absolute atomic E-state index is 12.8. The molecule has 35 heavy (non-hydrogen) atoms. The predicted octanol–water partition coefficient (Wildman–Crippen LogP) is 8.21. The maximum atomic E-state index is 12.8. The molecule has 0 aromatic heterocycles. The van der Waals surface area contributed by atoms with Gasteiger partial charge in [0.25, 0.3) is 11.1 Å². The molecule has 0 spiro atoms. The summed E-state index contributed by atoms with van der Waals surface area (Å²) in [7, 11) is 0. The van der Waals surface area contributed by atoms with Crippen LogP contribution in [0, 0.1) is 0 Å². The molecule has 3 aromatic rings. The van der Waals surface area contributed by atoms with Crippen LogP contribution >= 0.6 is 66.8 Å². The Morgan fingerprint density at radius 1 is 0.886 bits per heavy atom. The minimum atomic E-state index is -0.352. The molecule has 1 fully saturated rings. The highest BCUT2D eigenvalue weighted by molar-refractivity contribution is 9.11. The van der Waals surface area contributed by atoms with E-state index < -0.39 is 0 Å². The molecular formula is C25H17Br2Cl2NO4S. The molecule has 1 aliphatic rings. The first-order chi connectivity index (χ1) is 16.8. The topological polar surface area (TPSA) is 55.8 Å². The van der Waals surface area contributed by atoms with Gasteiger partial charge in [0.2, 0.25) is 0 Å². The van der Waals surface area contributed by atoms with Gasteiger partial charge in [-0.25, -0.2) is 0 Å². The van der Waals surface area contributed by atoms with Gasteiger partial charge in [0.15, 0.2) is 0 Å². The highest BCUT2D eigenvalue weighted by Crippen LogP contribution is 2.38. The van der Waals surface area contributed by atoms with Crippen LogP contribution in [0.3, 0.4) is 0 Å². The normalized spacial score (nSPS) is 14.6. The highest BCUT2D eigenvalue weighted by atomic mass is 79.9. The predicted molar refractivity (Wildman–Crippen MR) is 147 cm³/mol. The lowest BCUT2D eigenvalue weighted by Crippen LogP contribution is -2.32. The number of amides is 2. The van der Waals surface area contributed by atoms with E-state index >= 15 is 0 Å². The zero-order valence-electron chi connectivity index (χ0n) is 18.0. The minimum absolute atomic E-state index is 0.148. The maximum Gasteiger partial charge on any atom is 0.293 e. The first kappa shape index (κ1) is 26.1. The van der Waals surface area contributed by atoms with Crippen LogP contribution in [0.5, 0.6) is 11.5 Å². The molecule has 0 radical (unpaired) electrons. The second-order valence-corrected chi connectivity index (χ2v) is 10.9. The molecule has 1 saturated heterocycles. The third-order valence-corrected chi connectivity index (χ3v) is 7.48. The van der Waals surface area contributed by atoms with Crippen LogP contribution in [0.15, 0.2) is 74.5 Å². The number of hydrogen-bond donors (Lipinski definition) is 0. The van der Waals surface area contributed by atoms with E-state index in [2.05, 4.69) is 31.9 Å². The molecule has 5 nitrogen and oxygen atoms in total. The van der Waals surface area contributed by atoms with Gasteiger partial charge >= 0.3 is 0 Å². The Bertz CT molecular complexity index is 1260. The van der Waals surface area contributed by atoms with E-state index in [0.29, 0.717) is 42.0 Å². The van der Waals surface area contributed by atoms with Crippen LogP contribution in [0.4, 0.5) is 4.79 Å². The number of carbonyl (C=O) groups is 2. The van der Waals surface area contributed by atoms with Gasteiger partial charge in [-0.05, 0) is 109 Å². The van der Waals surface area contributed by atoms with Gasteiger partial charge in [0.05, 0.1) is 20.4 Å². The lowest BCUT2D eigenvalue weighted by atomic mass is 10.2. The summed E-state index contributed by atoms with van der Waals surface area (Å²) < 4.78 is 13.0. The molecule has 4 rings (SSSR count). The number of rotatable bonds is 8. The Balaban J connectivity index is 1.40. The summed E-state index contributed by atoms with van der Waals surface area (Å²) >= 11 is 19.8. The van der Waals surface area contributed by atoms with Crippen LogP contribution < -0.4 is 9.47 Å². The first-order valence-corrected chi connectivity index (χ1v) is 13.5. The van der Waals surface area contributed by atoms with Gasteiger partial charge in [-0.2, -0.15) is 0 Å². The quantitative estimate of drug-likeness (QED) is 0.229. The van der Waals surface area contributed by atoms with Crippen LogP contribution in [0.2, 0.25) is 10.0 Å². The SMILES string of the molecule is O=C1S/C(=C\c2cc(Br)c(OCc3ccc(Cl)cc3)c(Br)c2)C(=O)N1CCOc1ccc(Cl)cc1. The summed E-state index contributed by atoms with van der Waals surface area (Å²) in [5.74, 6) is 0.893. The second-order valence-electron chi connectivity index (χ2n) is 7.36. The molecule has 2 amide bonds. The van der Waals surface area contributed by atoms with Crippen molar-refractivity contribution in [3.8, 4) is 11.5 Å². The van der Waals surface area contributed by atoms with Gasteiger partial charge in [0.1, 0.15) is 24.7 Å². The Kier molecular flexibility index (Phi) is 8.83. The Hall–Kier alpha value is -1.97. The number of halogens is 4. The zero-order chi connectivity index (χ0) is 24.9. The van der Waals surface area contributed by atoms with Crippen molar-refractivity contribution in [3.05, 3.63) is 95.7 Å². The smallest absolute Gasteiger partial charge is 0.293 e. The van der Waals surface area contributed by atoms with Crippen molar-refractivity contribution in [2.75, 3.05) is 13.2 Å². The van der Waals surface area contributed by atoms with E-state index in [9.17, 15) is 9.59 Å². The highest BCUT2D eigenvalue weighted by Gasteiger charge is 2.34. The van der Waals surface area contributed by atoms with Crippen LogP contribution in [-0.2, 0) is 11.4 Å². The third-order valence-electron chi connectivity index (χ3n) is 4.89. The molecule has 1 heterocycles. The molecule has 0 bridgehead atoms. The monoisotopic (exact) mass is 655 g/mol. The van der Waals surface area contributed by atoms with E-state index in [1.807, 2.05) is 36.4 Å². The lowest BCUT2D eigenvalue weighted by Gasteiger charge is -2.13. The number of nitrogens with zero attached hydrogens (tertiary/aromatic N) is 1. The molecule has 180 valence electrons. The molecule has 10 heteroatoms. The standard InChI is InChI=1S/C25H17Br2Cl2NO4S/c26-20-11-16(12-21(27)23(20)34-14-15-1-3-17(28)4-2-15)13-22-24(31)30(25(32)35-22)9-10-33-19-7-5-18(29)6-8-19/h1-8,11-13H,9-10,14H2/b22-13-. The van der Waals surface area contributed by atoms with Gasteiger partial charge in [0, 0.05) is 10.0 Å². The number of hydrogen-bond acceptors (Lipinski definition) is 5. The van der Waals surface area contributed by atoms with E-state index in [-0.39, 0.29) is 24.3 Å². The fourth-order valence-corrected chi connectivity index (χ4v) is 5.73. The number of carbonyl (C=O) groups excluding carboxylic acids is 2. The largest absolute Gasteiger partial charge is 0.492 e. The number of thioether (sulfide) groups is 1. The summed E-state index contributed by atoms with van der Waals surface area (Å²) in [6, 6.07) is 18.0. The van der Waals surface area contributed by atoms with E-state index in [4.69, 9.17) is 32.7 Å². The van der Waals surface area contributed by atoms with Crippen LogP contribution in [0.25, 0.3) is 6.08 Å². The fraction of sp³-hybridized carbons (Fsp3) is 0.120. The molecule has 0 atom stereocenters. The van der Waals surface area contributed by atoms with Crippen molar-refractivity contribution < 1.29 is 19.1 Å². The average molecular weight is 658 g/mol. The Morgan fingerprint density at radius 3 is 2.11 bits per heavy atom. The molecule has 0 saturated carbocycles. The van der Waals surface area contributed by atoms with Crippen molar-refractivity contribution in [3.63, 3.8) is 0 Å². The zero-order valence-corrected chi connectivity index (χ0v) is 23.5. The van der Waals surface area contributed by atoms with Crippen molar-refractivity contribution in [2.24, 2.45) is 0 Å². The van der Waals surface area contributed by atoms with Crippen molar-refractivity contribution >= 4 is 84.0 Å². The summed E-state index contributed by atoms with van der Waals surface area (Å²) in [6.45, 7) is 0.698. The number of imide groups is 1. The molecule has 0 unspecified atom stereocenters. The van der Waals surface area contributed by atoms with Crippen molar-refractivity contribution in [1.29, 1.82) is 0 Å². The fourth-order valence-electron chi connectivity index (χ4n) is 3.17. The van der Waals surface area contributed by atoms with Crippen LogP contribution in [-0.4, -0.2) is 29.2 Å². The van der Waals surface area contributed by atoms with E-state index in [1.54, 1.807) is 30.3 Å². The second kappa shape index (κ2) is 11.8. The van der Waals surface area contributed by atoms with Gasteiger partial charge in [-0.3, -0.25) is 14.5 Å². The van der Waals surface area contributed by atoms with Crippen molar-refractivity contribution in [2.45, 2.75) is 6.61 Å². The Morgan fingerprint density at radius 2 is 1.49 bits per heavy atom. The van der Waals surface area contributed by atoms with E-state index in [1.165, 1.54) is 4.90 Å². The summed E-state index contributed by atoms with van der Waals surface area (Å²) in [4.78, 5) is 26.7. The summed E-state index contributed by atoms with van der Waals surface area (Å²) in [6.07, 6.45) is 1.68. The molecule has 0 N–H and O–H groups in total. The summed E-state index contributed by atoms with van der Waals surface area (Å²) in [5, 5.41) is 0.939. The third kappa shape index (κ3) is 6.83. The first-order valence-electron chi connectivity index (χ1n) is 10.3. The average Bonchev–Trinajstić information content (AvgIpc) is 3.08. The Labute approximate surface area is 233 Å². The molecule has 0 aliphatic carbocycles. The number of benzene rings is 3. The molecular weight excluding hydrogens is 641 g/mol. The van der Waals surface area contributed by atoms with Gasteiger partial charge in [-0.1, -0.05) is 35.3 Å². The lowest BCUT2D eigenvalue weighted by molar-refractivity contribution is -0.123. The van der Waals surface area contributed by atoms with Crippen LogP contribution in [0.1, 0.15) is 11.1 Å². The summed E-state index contributed by atoms with van der Waals surface area (Å²) in [5.41, 5.74) is 1.72. The van der Waals surface area contributed by atoms with Gasteiger partial charge in [-0.15, -0.1) is 0 Å². The number of ether oxygens (including phenoxy) is 2.